The summed E-state index contributed by atoms with van der Waals surface area (Å²) in [4.78, 5) is 16.1. The maximum absolute atomic E-state index is 10.7. The lowest BCUT2D eigenvalue weighted by molar-refractivity contribution is 0.265. The van der Waals surface area contributed by atoms with E-state index in [0.29, 0.717) is 5.82 Å². The van der Waals surface area contributed by atoms with Gasteiger partial charge in [-0.2, -0.15) is 0 Å². The van der Waals surface area contributed by atoms with Gasteiger partial charge in [0.2, 0.25) is 0 Å². The number of pyridine rings is 1. The fraction of sp³-hybridized carbons (Fsp3) is 0.250. The molecule has 12 heavy (non-hydrogen) atoms. The van der Waals surface area contributed by atoms with Crippen molar-refractivity contribution in [2.75, 3.05) is 11.9 Å². The van der Waals surface area contributed by atoms with Crippen LogP contribution in [-0.4, -0.2) is 17.4 Å². The summed E-state index contributed by atoms with van der Waals surface area (Å²) in [5, 5.41) is -0.531. The number of carbonyl (C=O) groups is 1. The Balaban J connectivity index is 3.02. The van der Waals surface area contributed by atoms with E-state index in [-0.39, 0.29) is 0 Å². The van der Waals surface area contributed by atoms with Gasteiger partial charge in [0.1, 0.15) is 5.82 Å². The number of anilines is 1. The van der Waals surface area contributed by atoms with Gasteiger partial charge in [0.05, 0.1) is 0 Å². The smallest absolute Gasteiger partial charge is 0.286 e. The molecule has 0 saturated carbocycles. The molecule has 0 bridgehead atoms. The lowest BCUT2D eigenvalue weighted by atomic mass is 10.3. The highest BCUT2D eigenvalue weighted by molar-refractivity contribution is 6.66. The summed E-state index contributed by atoms with van der Waals surface area (Å²) in [5.41, 5.74) is 0.925. The van der Waals surface area contributed by atoms with Crippen LogP contribution >= 0.6 is 11.6 Å². The maximum atomic E-state index is 10.7. The lowest BCUT2D eigenvalue weighted by Crippen LogP contribution is -2.21. The van der Waals surface area contributed by atoms with Crippen LogP contribution in [0.15, 0.2) is 18.3 Å². The van der Waals surface area contributed by atoms with Gasteiger partial charge in [0.25, 0.3) is 0 Å². The zero-order chi connectivity index (χ0) is 9.14. The fourth-order valence-corrected chi connectivity index (χ4v) is 0.992. The Hall–Kier alpha value is -1.09. The standard InChI is InChI=1S/C8H9ClN2O/c1-6-4-3-5-10-7(6)11(2)8(9)12/h3-5H,1-2H3. The summed E-state index contributed by atoms with van der Waals surface area (Å²) < 4.78 is 0. The van der Waals surface area contributed by atoms with Gasteiger partial charge in [0.15, 0.2) is 0 Å². The predicted octanol–water partition coefficient (Wildman–Crippen LogP) is 2.19. The zero-order valence-corrected chi connectivity index (χ0v) is 7.67. The number of hydrogen-bond acceptors (Lipinski definition) is 2. The first kappa shape index (κ1) is 9.00. The molecule has 0 aromatic carbocycles. The Kier molecular flexibility index (Phi) is 2.65. The summed E-state index contributed by atoms with van der Waals surface area (Å²) in [6, 6.07) is 3.68. The SMILES string of the molecule is Cc1cccnc1N(C)C(=O)Cl. The van der Waals surface area contributed by atoms with E-state index in [2.05, 4.69) is 4.98 Å². The second-order valence-corrected chi connectivity index (χ2v) is 2.78. The largest absolute Gasteiger partial charge is 0.321 e. The van der Waals surface area contributed by atoms with Gasteiger partial charge in [-0.05, 0) is 30.2 Å². The number of nitrogens with zero attached hydrogens (tertiary/aromatic N) is 2. The van der Waals surface area contributed by atoms with Gasteiger partial charge in [-0.3, -0.25) is 9.69 Å². The van der Waals surface area contributed by atoms with E-state index >= 15 is 0 Å². The molecule has 0 N–H and O–H groups in total. The summed E-state index contributed by atoms with van der Waals surface area (Å²) in [7, 11) is 1.59. The monoisotopic (exact) mass is 184 g/mol. The van der Waals surface area contributed by atoms with E-state index in [1.165, 1.54) is 4.90 Å². The first-order valence-electron chi connectivity index (χ1n) is 3.47. The minimum absolute atomic E-state index is 0.531. The molecule has 0 atom stereocenters. The molecule has 0 spiro atoms. The second kappa shape index (κ2) is 3.54. The first-order chi connectivity index (χ1) is 5.63. The summed E-state index contributed by atoms with van der Waals surface area (Å²) in [5.74, 6) is 0.595. The Morgan fingerprint density at radius 1 is 1.67 bits per heavy atom. The van der Waals surface area contributed by atoms with Crippen LogP contribution in [0.1, 0.15) is 5.56 Å². The van der Waals surface area contributed by atoms with Crippen LogP contribution in [0.3, 0.4) is 0 Å². The van der Waals surface area contributed by atoms with Gasteiger partial charge in [-0.15, -0.1) is 0 Å². The molecule has 1 heterocycles. The number of halogens is 1. The van der Waals surface area contributed by atoms with E-state index in [1.54, 1.807) is 13.2 Å². The van der Waals surface area contributed by atoms with Crippen LogP contribution in [0.2, 0.25) is 0 Å². The van der Waals surface area contributed by atoms with Gasteiger partial charge in [-0.25, -0.2) is 4.98 Å². The number of amides is 1. The summed E-state index contributed by atoms with van der Waals surface area (Å²) in [6.07, 6.45) is 1.62. The lowest BCUT2D eigenvalue weighted by Gasteiger charge is -2.13. The Morgan fingerprint density at radius 3 is 2.83 bits per heavy atom. The van der Waals surface area contributed by atoms with Crippen LogP contribution < -0.4 is 4.90 Å². The molecule has 0 fully saturated rings. The Morgan fingerprint density at radius 2 is 2.33 bits per heavy atom. The Labute approximate surface area is 76.0 Å². The number of hydrogen-bond donors (Lipinski definition) is 0. The molecule has 1 aromatic heterocycles. The summed E-state index contributed by atoms with van der Waals surface area (Å²) in [6.45, 7) is 1.87. The number of aromatic nitrogens is 1. The van der Waals surface area contributed by atoms with Crippen LogP contribution in [0.5, 0.6) is 0 Å². The first-order valence-corrected chi connectivity index (χ1v) is 3.85. The zero-order valence-electron chi connectivity index (χ0n) is 6.91. The normalized spacial score (nSPS) is 9.58. The molecule has 1 aromatic rings. The van der Waals surface area contributed by atoms with Crippen molar-refractivity contribution in [3.8, 4) is 0 Å². The molecule has 1 amide bonds. The van der Waals surface area contributed by atoms with Crippen molar-refractivity contribution in [1.29, 1.82) is 0 Å². The van der Waals surface area contributed by atoms with Crippen molar-refractivity contribution in [2.45, 2.75) is 6.92 Å². The molecular formula is C8H9ClN2O. The quantitative estimate of drug-likeness (QED) is 0.495. The minimum atomic E-state index is -0.531. The average molecular weight is 185 g/mol. The average Bonchev–Trinajstić information content (AvgIpc) is 2.04. The van der Waals surface area contributed by atoms with Crippen molar-refractivity contribution in [3.63, 3.8) is 0 Å². The number of aryl methyl sites for hydroxylation is 1. The van der Waals surface area contributed by atoms with Crippen LogP contribution in [-0.2, 0) is 0 Å². The van der Waals surface area contributed by atoms with E-state index in [9.17, 15) is 4.79 Å². The molecule has 64 valence electrons. The van der Waals surface area contributed by atoms with Crippen molar-refractivity contribution in [3.05, 3.63) is 23.9 Å². The fourth-order valence-electron chi connectivity index (χ4n) is 0.912. The van der Waals surface area contributed by atoms with Crippen LogP contribution in [0, 0.1) is 6.92 Å². The van der Waals surface area contributed by atoms with E-state index in [4.69, 9.17) is 11.6 Å². The van der Waals surface area contributed by atoms with Crippen molar-refractivity contribution in [2.24, 2.45) is 0 Å². The maximum Gasteiger partial charge on any atom is 0.321 e. The third-order valence-electron chi connectivity index (χ3n) is 1.56. The van der Waals surface area contributed by atoms with Crippen LogP contribution in [0.25, 0.3) is 0 Å². The molecule has 0 saturated heterocycles. The van der Waals surface area contributed by atoms with Crippen molar-refractivity contribution >= 4 is 22.8 Å². The molecule has 0 aliphatic heterocycles. The molecule has 0 unspecified atom stereocenters. The minimum Gasteiger partial charge on any atom is -0.286 e. The third kappa shape index (κ3) is 1.74. The van der Waals surface area contributed by atoms with Gasteiger partial charge >= 0.3 is 5.37 Å². The third-order valence-corrected chi connectivity index (χ3v) is 1.82. The highest BCUT2D eigenvalue weighted by atomic mass is 35.5. The van der Waals surface area contributed by atoms with Gasteiger partial charge < -0.3 is 0 Å². The molecule has 0 aliphatic rings. The molecule has 3 nitrogen and oxygen atoms in total. The van der Waals surface area contributed by atoms with Crippen LogP contribution in [0.4, 0.5) is 10.6 Å². The molecule has 1 rings (SSSR count). The van der Waals surface area contributed by atoms with E-state index in [0.717, 1.165) is 5.56 Å². The topological polar surface area (TPSA) is 33.2 Å². The summed E-state index contributed by atoms with van der Waals surface area (Å²) >= 11 is 5.28. The highest BCUT2D eigenvalue weighted by Crippen LogP contribution is 2.15. The Bertz CT molecular complexity index is 301. The molecule has 0 aliphatic carbocycles. The second-order valence-electron chi connectivity index (χ2n) is 2.46. The molecule has 0 radical (unpaired) electrons. The predicted molar refractivity (Wildman–Crippen MR) is 48.6 cm³/mol. The van der Waals surface area contributed by atoms with E-state index < -0.39 is 5.37 Å². The molecule has 4 heteroatoms. The van der Waals surface area contributed by atoms with E-state index in [1.807, 2.05) is 19.1 Å². The van der Waals surface area contributed by atoms with Crippen molar-refractivity contribution in [1.82, 2.24) is 4.98 Å². The molecular weight excluding hydrogens is 176 g/mol. The number of rotatable bonds is 1. The highest BCUT2D eigenvalue weighted by Gasteiger charge is 2.10. The van der Waals surface area contributed by atoms with Gasteiger partial charge in [-0.1, -0.05) is 6.07 Å². The van der Waals surface area contributed by atoms with Gasteiger partial charge in [0, 0.05) is 13.2 Å². The number of carbonyl (C=O) groups excluding carboxylic acids is 1. The van der Waals surface area contributed by atoms with Crippen molar-refractivity contribution < 1.29 is 4.79 Å².